The summed E-state index contributed by atoms with van der Waals surface area (Å²) in [6, 6.07) is 34.8. The van der Waals surface area contributed by atoms with Crippen molar-refractivity contribution in [1.29, 1.82) is 0 Å². The van der Waals surface area contributed by atoms with Gasteiger partial charge in [-0.15, -0.1) is 0 Å². The third kappa shape index (κ3) is 5.45. The Morgan fingerprint density at radius 3 is 2.52 bits per heavy atom. The molecule has 0 fully saturated rings. The molecule has 8 rings (SSSR count). The maximum atomic E-state index is 14.2. The zero-order valence-corrected chi connectivity index (χ0v) is 30.0. The van der Waals surface area contributed by atoms with Crippen LogP contribution in [-0.4, -0.2) is 29.9 Å². The number of amides is 1. The van der Waals surface area contributed by atoms with E-state index >= 15 is 0 Å². The predicted molar refractivity (Wildman–Crippen MR) is 188 cm³/mol. The molecule has 0 saturated heterocycles. The summed E-state index contributed by atoms with van der Waals surface area (Å²) in [4.78, 5) is 29.8. The lowest BCUT2D eigenvalue weighted by atomic mass is 9.81. The van der Waals surface area contributed by atoms with Crippen LogP contribution in [0.4, 0.5) is 5.69 Å². The zero-order chi connectivity index (χ0) is 32.2. The lowest BCUT2D eigenvalue weighted by Crippen LogP contribution is -3.00. The Labute approximate surface area is 298 Å². The van der Waals surface area contributed by atoms with Gasteiger partial charge >= 0.3 is 0 Å². The average molecular weight is 766 g/mol. The predicted octanol–water partition coefficient (Wildman–Crippen LogP) is 4.79. The highest BCUT2D eigenvalue weighted by molar-refractivity contribution is 9.10. The molecule has 5 aromatic carbocycles. The molecule has 48 heavy (non-hydrogen) atoms. The van der Waals surface area contributed by atoms with Gasteiger partial charge in [0, 0.05) is 29.4 Å². The molecule has 2 heterocycles. The van der Waals surface area contributed by atoms with Gasteiger partial charge in [-0.05, 0) is 76.2 Å². The number of aryl methyl sites for hydroxylation is 1. The number of Topliss-reactive ketones (excluding diaryl/α,β-unsaturated/α-hetero) is 1. The van der Waals surface area contributed by atoms with E-state index in [1.807, 2.05) is 72.5 Å². The zero-order valence-electron chi connectivity index (χ0n) is 26.8. The minimum atomic E-state index is 0. The van der Waals surface area contributed by atoms with Gasteiger partial charge in [-0.25, -0.2) is 9.13 Å². The molecule has 0 saturated carbocycles. The number of para-hydroxylation sites is 3. The minimum absolute atomic E-state index is 0. The maximum Gasteiger partial charge on any atom is 0.254 e. The average Bonchev–Trinajstić information content (AvgIpc) is 3.59. The van der Waals surface area contributed by atoms with E-state index < -0.39 is 0 Å². The van der Waals surface area contributed by atoms with Crippen LogP contribution in [0.15, 0.2) is 108 Å². The fourth-order valence-electron chi connectivity index (χ4n) is 7.92. The number of carbonyl (C=O) groups excluding carboxylic acids is 2. The van der Waals surface area contributed by atoms with Crippen LogP contribution in [0.25, 0.3) is 21.8 Å². The molecule has 0 bridgehead atoms. The molecule has 1 aliphatic heterocycles. The third-order valence-electron chi connectivity index (χ3n) is 10.1. The van der Waals surface area contributed by atoms with E-state index in [1.165, 1.54) is 11.1 Å². The van der Waals surface area contributed by atoms with E-state index in [9.17, 15) is 9.59 Å². The summed E-state index contributed by atoms with van der Waals surface area (Å²) < 4.78 is 11.2. The van der Waals surface area contributed by atoms with E-state index in [4.69, 9.17) is 4.74 Å². The second-order valence-corrected chi connectivity index (χ2v) is 13.6. The van der Waals surface area contributed by atoms with Crippen LogP contribution >= 0.6 is 15.9 Å². The Bertz CT molecular complexity index is 2230. The van der Waals surface area contributed by atoms with Crippen LogP contribution in [0.3, 0.4) is 0 Å². The summed E-state index contributed by atoms with van der Waals surface area (Å²) in [5.74, 6) is 2.33. The molecule has 1 amide bonds. The van der Waals surface area contributed by atoms with Crippen molar-refractivity contribution in [1.82, 2.24) is 4.57 Å². The number of imidazole rings is 1. The fourth-order valence-corrected chi connectivity index (χ4v) is 8.30. The Balaban J connectivity index is 0.00000364. The van der Waals surface area contributed by atoms with Crippen LogP contribution in [0.1, 0.15) is 45.2 Å². The van der Waals surface area contributed by atoms with Gasteiger partial charge in [0.1, 0.15) is 5.75 Å². The van der Waals surface area contributed by atoms with E-state index in [-0.39, 0.29) is 41.1 Å². The van der Waals surface area contributed by atoms with Gasteiger partial charge in [-0.3, -0.25) is 9.59 Å². The highest BCUT2D eigenvalue weighted by Gasteiger charge is 2.43. The van der Waals surface area contributed by atoms with Crippen LogP contribution in [0.2, 0.25) is 0 Å². The number of hydrogen-bond acceptors (Lipinski definition) is 3. The summed E-state index contributed by atoms with van der Waals surface area (Å²) in [6.07, 6.45) is 1.27. The SMILES string of the molecule is COc1cccc2c1N(C(=O)CCn1c(C)[n+](CC(=O)c3ccc4ccccc4c3)c3ccccc31)C[C@@H]1Cc3ccc(Br)cc3[C@H]21.[Br-]. The number of halogens is 2. The highest BCUT2D eigenvalue weighted by Crippen LogP contribution is 2.52. The number of rotatable bonds is 7. The first-order valence-electron chi connectivity index (χ1n) is 16.2. The van der Waals surface area contributed by atoms with E-state index in [0.717, 1.165) is 55.5 Å². The first kappa shape index (κ1) is 32.3. The monoisotopic (exact) mass is 763 g/mol. The molecule has 2 aliphatic rings. The number of fused-ring (bicyclic) bond motifs is 7. The van der Waals surface area contributed by atoms with E-state index in [2.05, 4.69) is 67.5 Å². The smallest absolute Gasteiger partial charge is 0.254 e. The summed E-state index contributed by atoms with van der Waals surface area (Å²) >= 11 is 3.67. The quantitative estimate of drug-likeness (QED) is 0.174. The van der Waals surface area contributed by atoms with Crippen molar-refractivity contribution in [3.05, 3.63) is 136 Å². The van der Waals surface area contributed by atoms with Crippen molar-refractivity contribution in [2.75, 3.05) is 18.6 Å². The fraction of sp³-hybridized carbons (Fsp3) is 0.225. The summed E-state index contributed by atoms with van der Waals surface area (Å²) in [7, 11) is 1.68. The summed E-state index contributed by atoms with van der Waals surface area (Å²) in [5.41, 5.74) is 7.41. The number of hydrogen-bond donors (Lipinski definition) is 0. The van der Waals surface area contributed by atoms with Crippen LogP contribution in [0, 0.1) is 12.8 Å². The second kappa shape index (κ2) is 13.0. The topological polar surface area (TPSA) is 55.4 Å². The first-order valence-corrected chi connectivity index (χ1v) is 17.0. The number of ether oxygens (including phenoxy) is 1. The molecule has 242 valence electrons. The Kier molecular flexibility index (Phi) is 8.73. The summed E-state index contributed by atoms with van der Waals surface area (Å²) in [6.45, 7) is 3.41. The highest BCUT2D eigenvalue weighted by atomic mass is 79.9. The van der Waals surface area contributed by atoms with Gasteiger partial charge in [-0.2, -0.15) is 0 Å². The van der Waals surface area contributed by atoms with Gasteiger partial charge in [0.25, 0.3) is 5.82 Å². The third-order valence-corrected chi connectivity index (χ3v) is 10.6. The van der Waals surface area contributed by atoms with Gasteiger partial charge in [0.2, 0.25) is 11.7 Å². The lowest BCUT2D eigenvalue weighted by Gasteiger charge is -2.38. The lowest BCUT2D eigenvalue weighted by molar-refractivity contribution is -0.664. The molecule has 1 aliphatic carbocycles. The molecule has 2 atom stereocenters. The largest absolute Gasteiger partial charge is 1.00 e. The second-order valence-electron chi connectivity index (χ2n) is 12.7. The van der Waals surface area contributed by atoms with E-state index in [0.29, 0.717) is 31.0 Å². The number of anilines is 1. The summed E-state index contributed by atoms with van der Waals surface area (Å²) in [5, 5.41) is 2.17. The first-order chi connectivity index (χ1) is 22.9. The Hall–Kier alpha value is -4.27. The molecule has 6 aromatic rings. The Morgan fingerprint density at radius 1 is 0.896 bits per heavy atom. The van der Waals surface area contributed by atoms with Gasteiger partial charge in [-0.1, -0.05) is 82.7 Å². The van der Waals surface area contributed by atoms with Crippen LogP contribution < -0.4 is 31.2 Å². The molecule has 0 unspecified atom stereocenters. The molecule has 0 radical (unpaired) electrons. The van der Waals surface area contributed by atoms with Crippen molar-refractivity contribution in [2.45, 2.75) is 38.8 Å². The van der Waals surface area contributed by atoms with Crippen LogP contribution in [0.5, 0.6) is 5.75 Å². The molecule has 1 aromatic heterocycles. The number of aromatic nitrogens is 2. The Morgan fingerprint density at radius 2 is 1.69 bits per heavy atom. The molecule has 6 nitrogen and oxygen atoms in total. The number of nitrogens with zero attached hydrogens (tertiary/aromatic N) is 3. The van der Waals surface area contributed by atoms with Crippen molar-refractivity contribution in [3.63, 3.8) is 0 Å². The molecular weight excluding hydrogens is 730 g/mol. The number of benzene rings is 5. The van der Waals surface area contributed by atoms with Crippen molar-refractivity contribution in [2.24, 2.45) is 5.92 Å². The number of carbonyl (C=O) groups is 2. The van der Waals surface area contributed by atoms with Gasteiger partial charge in [0.05, 0.1) is 25.8 Å². The van der Waals surface area contributed by atoms with E-state index in [1.54, 1.807) is 7.11 Å². The van der Waals surface area contributed by atoms with Gasteiger partial charge < -0.3 is 26.6 Å². The molecule has 0 N–H and O–H groups in total. The normalized spacial score (nSPS) is 16.3. The van der Waals surface area contributed by atoms with Crippen LogP contribution in [-0.2, 0) is 24.3 Å². The maximum absolute atomic E-state index is 14.2. The minimum Gasteiger partial charge on any atom is -1.00 e. The van der Waals surface area contributed by atoms with Crippen molar-refractivity contribution < 1.29 is 35.9 Å². The van der Waals surface area contributed by atoms with Crippen molar-refractivity contribution in [3.8, 4) is 5.75 Å². The molecule has 8 heteroatoms. The molecular formula is C40H35Br2N3O3. The molecule has 0 spiro atoms. The van der Waals surface area contributed by atoms with Crippen molar-refractivity contribution >= 4 is 55.1 Å². The van der Waals surface area contributed by atoms with Gasteiger partial charge in [0.15, 0.2) is 17.6 Å². The standard InChI is InChI=1S/C40H35BrN3O3.BrH/c1-25-42(34-11-5-6-12-35(34)43(25)24-36(45)29-15-14-26-8-3-4-9-27(26)20-29)19-18-38(46)44-23-30-21-28-16-17-31(41)22-33(28)39(30)32-10-7-13-37(47-2)40(32)44;/h3-17,20,22,30,39H,18-19,21,23-24H2,1-2H3;1H/q+1;/p-1/t30-,39-;/m0./s1. The number of ketones is 1. The number of methoxy groups -OCH3 is 1.